The smallest absolute Gasteiger partial charge is 0.325 e. The molecular formula is C18H38N2O5SSi. The third-order valence-electron chi connectivity index (χ3n) is 5.80. The Morgan fingerprint density at radius 3 is 1.89 bits per heavy atom. The van der Waals surface area contributed by atoms with Gasteiger partial charge < -0.3 is 9.16 Å². The van der Waals surface area contributed by atoms with Crippen LogP contribution in [0.3, 0.4) is 0 Å². The highest BCUT2D eigenvalue weighted by molar-refractivity contribution is 7.89. The molecule has 2 atom stereocenters. The van der Waals surface area contributed by atoms with Gasteiger partial charge in [0.2, 0.25) is 10.0 Å². The minimum Gasteiger partial charge on any atom is -0.468 e. The van der Waals surface area contributed by atoms with Crippen molar-refractivity contribution in [1.29, 1.82) is 0 Å². The van der Waals surface area contributed by atoms with Crippen molar-refractivity contribution in [1.82, 2.24) is 9.21 Å². The third-order valence-corrected chi connectivity index (χ3v) is 12.6. The van der Waals surface area contributed by atoms with E-state index in [2.05, 4.69) is 33.9 Å². The van der Waals surface area contributed by atoms with E-state index >= 15 is 0 Å². The molecule has 9 heteroatoms. The van der Waals surface area contributed by atoms with Crippen molar-refractivity contribution in [3.8, 4) is 0 Å². The molecule has 0 aromatic heterocycles. The van der Waals surface area contributed by atoms with Crippen LogP contribution in [0, 0.1) is 0 Å². The van der Waals surface area contributed by atoms with Crippen LogP contribution >= 0.6 is 0 Å². The monoisotopic (exact) mass is 422 g/mol. The molecule has 1 heterocycles. The largest absolute Gasteiger partial charge is 0.468 e. The average Bonchev–Trinajstić information content (AvgIpc) is 2.53. The molecule has 7 nitrogen and oxygen atoms in total. The van der Waals surface area contributed by atoms with Crippen molar-refractivity contribution < 1.29 is 22.4 Å². The molecule has 0 bridgehead atoms. The number of esters is 1. The van der Waals surface area contributed by atoms with Gasteiger partial charge in [0, 0.05) is 26.2 Å². The zero-order valence-corrected chi connectivity index (χ0v) is 20.2. The number of nitrogens with zero attached hydrogens (tertiary/aromatic N) is 2. The molecule has 0 aromatic carbocycles. The Labute approximate surface area is 166 Å². The molecule has 1 aliphatic heterocycles. The first-order valence-corrected chi connectivity index (χ1v) is 14.0. The van der Waals surface area contributed by atoms with E-state index < -0.39 is 29.6 Å². The van der Waals surface area contributed by atoms with Gasteiger partial charge in [-0.2, -0.15) is 4.31 Å². The van der Waals surface area contributed by atoms with Crippen LogP contribution < -0.4 is 0 Å². The normalized spacial score (nSPS) is 20.5. The number of methoxy groups -OCH3 is 1. The number of carbonyl (C=O) groups is 1. The summed E-state index contributed by atoms with van der Waals surface area (Å²) in [7, 11) is -3.95. The molecule has 0 unspecified atom stereocenters. The van der Waals surface area contributed by atoms with Crippen molar-refractivity contribution in [3.63, 3.8) is 0 Å². The highest BCUT2D eigenvalue weighted by Crippen LogP contribution is 2.38. The zero-order chi connectivity index (χ0) is 21.2. The second-order valence-corrected chi connectivity index (χ2v) is 16.3. The number of sulfonamides is 1. The highest BCUT2D eigenvalue weighted by atomic mass is 32.2. The lowest BCUT2D eigenvalue weighted by Crippen LogP contribution is -2.59. The molecular weight excluding hydrogens is 384 g/mol. The molecule has 1 fully saturated rings. The molecule has 0 N–H and O–H groups in total. The van der Waals surface area contributed by atoms with Gasteiger partial charge in [-0.15, -0.1) is 0 Å². The van der Waals surface area contributed by atoms with Crippen LogP contribution in [0.25, 0.3) is 0 Å². The molecule has 0 amide bonds. The summed E-state index contributed by atoms with van der Waals surface area (Å²) in [5.74, 6) is -0.332. The van der Waals surface area contributed by atoms with E-state index in [0.29, 0.717) is 26.2 Å². The zero-order valence-electron chi connectivity index (χ0n) is 18.4. The van der Waals surface area contributed by atoms with Gasteiger partial charge in [-0.25, -0.2) is 8.42 Å². The standard InChI is InChI=1S/C18H38N2O5SSi/c1-14(2)26(22,23)20-12-10-19(11-13-20)16(17(21)24-7)15(3)25-27(8,9)18(4,5)6/h14-16H,10-13H2,1-9H3/t15-,16+/m1/s1. The average molecular weight is 423 g/mol. The maximum atomic E-state index is 12.5. The first kappa shape index (κ1) is 24.6. The SMILES string of the molecule is COC(=O)[C@H]([C@@H](C)O[Si](C)(C)C(C)(C)C)N1CCN(S(=O)(=O)C(C)C)CC1. The van der Waals surface area contributed by atoms with E-state index in [0.717, 1.165) is 0 Å². The Bertz CT molecular complexity index is 608. The van der Waals surface area contributed by atoms with Gasteiger partial charge in [0.25, 0.3) is 0 Å². The molecule has 0 spiro atoms. The van der Waals surface area contributed by atoms with Crippen molar-refractivity contribution in [3.05, 3.63) is 0 Å². The maximum Gasteiger partial charge on any atom is 0.325 e. The first-order valence-electron chi connectivity index (χ1n) is 9.64. The summed E-state index contributed by atoms with van der Waals surface area (Å²) in [6, 6.07) is -0.534. The van der Waals surface area contributed by atoms with E-state index in [4.69, 9.17) is 9.16 Å². The van der Waals surface area contributed by atoms with Gasteiger partial charge in [0.05, 0.1) is 18.5 Å². The van der Waals surface area contributed by atoms with Crippen LogP contribution in [0.15, 0.2) is 0 Å². The fraction of sp³-hybridized carbons (Fsp3) is 0.944. The van der Waals surface area contributed by atoms with Crippen molar-refractivity contribution in [2.45, 2.75) is 77.1 Å². The minimum absolute atomic E-state index is 0.0337. The number of piperazine rings is 1. The lowest BCUT2D eigenvalue weighted by molar-refractivity contribution is -0.151. The number of ether oxygens (including phenoxy) is 1. The fourth-order valence-corrected chi connectivity index (χ4v) is 5.68. The van der Waals surface area contributed by atoms with E-state index in [1.807, 2.05) is 11.8 Å². The van der Waals surface area contributed by atoms with Crippen LogP contribution in [0.4, 0.5) is 0 Å². The van der Waals surface area contributed by atoms with Gasteiger partial charge >= 0.3 is 5.97 Å². The van der Waals surface area contributed by atoms with Gasteiger partial charge in [-0.05, 0) is 38.9 Å². The molecule has 0 saturated carbocycles. The van der Waals surface area contributed by atoms with E-state index in [9.17, 15) is 13.2 Å². The quantitative estimate of drug-likeness (QED) is 0.463. The molecule has 0 radical (unpaired) electrons. The van der Waals surface area contributed by atoms with Crippen LogP contribution in [-0.4, -0.2) is 82.6 Å². The van der Waals surface area contributed by atoms with E-state index in [1.165, 1.54) is 11.4 Å². The molecule has 1 aliphatic rings. The molecule has 1 rings (SSSR count). The third kappa shape index (κ3) is 5.76. The predicted molar refractivity (Wildman–Crippen MR) is 111 cm³/mol. The fourth-order valence-electron chi connectivity index (χ4n) is 3.00. The Balaban J connectivity index is 2.93. The van der Waals surface area contributed by atoms with Crippen LogP contribution in [-0.2, 0) is 24.0 Å². The van der Waals surface area contributed by atoms with Crippen LogP contribution in [0.1, 0.15) is 41.5 Å². The van der Waals surface area contributed by atoms with Crippen molar-refractivity contribution in [2.24, 2.45) is 0 Å². The minimum atomic E-state index is -3.28. The topological polar surface area (TPSA) is 76.2 Å². The summed E-state index contributed by atoms with van der Waals surface area (Å²) in [5.41, 5.74) is 0. The van der Waals surface area contributed by atoms with Gasteiger partial charge in [0.15, 0.2) is 8.32 Å². The predicted octanol–water partition coefficient (Wildman–Crippen LogP) is 2.29. The number of carbonyl (C=O) groups excluding carboxylic acids is 1. The summed E-state index contributed by atoms with van der Waals surface area (Å²) in [6.07, 6.45) is -0.327. The number of rotatable bonds is 7. The summed E-state index contributed by atoms with van der Waals surface area (Å²) in [4.78, 5) is 14.5. The van der Waals surface area contributed by atoms with Gasteiger partial charge in [-0.1, -0.05) is 20.8 Å². The summed E-state index contributed by atoms with van der Waals surface area (Å²) in [5, 5.41) is -0.410. The maximum absolute atomic E-state index is 12.5. The summed E-state index contributed by atoms with van der Waals surface area (Å²) in [6.45, 7) is 17.8. The summed E-state index contributed by atoms with van der Waals surface area (Å²) >= 11 is 0. The number of hydrogen-bond donors (Lipinski definition) is 0. The highest BCUT2D eigenvalue weighted by Gasteiger charge is 2.43. The Morgan fingerprint density at radius 2 is 1.52 bits per heavy atom. The first-order chi connectivity index (χ1) is 12.1. The molecule has 160 valence electrons. The van der Waals surface area contributed by atoms with E-state index in [1.54, 1.807) is 13.8 Å². The lowest BCUT2D eigenvalue weighted by atomic mass is 10.1. The van der Waals surface area contributed by atoms with Crippen molar-refractivity contribution >= 4 is 24.3 Å². The Kier molecular flexibility index (Phi) is 8.09. The second-order valence-electron chi connectivity index (χ2n) is 9.08. The molecule has 0 aliphatic carbocycles. The Morgan fingerprint density at radius 1 is 1.04 bits per heavy atom. The van der Waals surface area contributed by atoms with Crippen LogP contribution in [0.2, 0.25) is 18.1 Å². The van der Waals surface area contributed by atoms with E-state index in [-0.39, 0.29) is 17.1 Å². The Hall–Kier alpha value is -0.483. The molecule has 0 aromatic rings. The molecule has 1 saturated heterocycles. The van der Waals surface area contributed by atoms with Crippen LogP contribution in [0.5, 0.6) is 0 Å². The second kappa shape index (κ2) is 8.90. The molecule has 27 heavy (non-hydrogen) atoms. The van der Waals surface area contributed by atoms with Gasteiger partial charge in [0.1, 0.15) is 6.04 Å². The van der Waals surface area contributed by atoms with Crippen molar-refractivity contribution in [2.75, 3.05) is 33.3 Å². The lowest BCUT2D eigenvalue weighted by Gasteiger charge is -2.44. The summed E-state index contributed by atoms with van der Waals surface area (Å²) < 4.78 is 37.8. The number of hydrogen-bond acceptors (Lipinski definition) is 6. The van der Waals surface area contributed by atoms with Gasteiger partial charge in [-0.3, -0.25) is 9.69 Å².